The fourth-order valence-corrected chi connectivity index (χ4v) is 5.35. The maximum atomic E-state index is 13.5. The molecule has 1 amide bonds. The lowest BCUT2D eigenvalue weighted by molar-refractivity contribution is -0.118. The summed E-state index contributed by atoms with van der Waals surface area (Å²) in [6.45, 7) is 1.49. The Balaban J connectivity index is 1.61. The van der Waals surface area contributed by atoms with Crippen molar-refractivity contribution in [1.82, 2.24) is 0 Å². The van der Waals surface area contributed by atoms with Crippen LogP contribution in [0.1, 0.15) is 15.7 Å². The van der Waals surface area contributed by atoms with Crippen LogP contribution < -0.4 is 14.8 Å². The first kappa shape index (κ1) is 18.9. The summed E-state index contributed by atoms with van der Waals surface area (Å²) < 4.78 is 24.9. The summed E-state index contributed by atoms with van der Waals surface area (Å²) in [5.41, 5.74) is 2.11. The lowest BCUT2D eigenvalue weighted by atomic mass is 10.2. The second-order valence-electron chi connectivity index (χ2n) is 5.78. The van der Waals surface area contributed by atoms with Crippen LogP contribution in [0.3, 0.4) is 0 Å². The summed E-state index contributed by atoms with van der Waals surface area (Å²) in [4.78, 5) is 12.1. The van der Waals surface area contributed by atoms with Crippen LogP contribution in [0, 0.1) is 12.7 Å². The number of carbonyl (C=O) groups is 1. The van der Waals surface area contributed by atoms with Gasteiger partial charge in [-0.2, -0.15) is 0 Å². The van der Waals surface area contributed by atoms with Crippen molar-refractivity contribution in [1.29, 1.82) is 0 Å². The predicted octanol–water partition coefficient (Wildman–Crippen LogP) is 4.64. The predicted molar refractivity (Wildman–Crippen MR) is 106 cm³/mol. The van der Waals surface area contributed by atoms with E-state index in [0.717, 1.165) is 11.5 Å². The number of thioether (sulfide) groups is 2. The van der Waals surface area contributed by atoms with E-state index in [4.69, 9.17) is 9.47 Å². The highest BCUT2D eigenvalue weighted by molar-refractivity contribution is 8.19. The minimum absolute atomic E-state index is 0.182. The maximum absolute atomic E-state index is 13.5. The Labute approximate surface area is 160 Å². The first-order valence-corrected chi connectivity index (χ1v) is 10.3. The van der Waals surface area contributed by atoms with Crippen molar-refractivity contribution in [3.8, 4) is 11.5 Å². The van der Waals surface area contributed by atoms with Crippen LogP contribution in [0.5, 0.6) is 11.5 Å². The highest BCUT2D eigenvalue weighted by Crippen LogP contribution is 2.46. The number of ether oxygens (including phenoxy) is 2. The molecule has 1 aliphatic heterocycles. The molecule has 138 valence electrons. The summed E-state index contributed by atoms with van der Waals surface area (Å²) in [6, 6.07) is 10.3. The Hall–Kier alpha value is -1.86. The fraction of sp³-hybridized carbons (Fsp3) is 0.316. The summed E-state index contributed by atoms with van der Waals surface area (Å²) in [5, 5.41) is 2.62. The van der Waals surface area contributed by atoms with Crippen LogP contribution in [0.15, 0.2) is 36.4 Å². The van der Waals surface area contributed by atoms with Gasteiger partial charge in [0, 0.05) is 17.2 Å². The zero-order valence-corrected chi connectivity index (χ0v) is 16.2. The van der Waals surface area contributed by atoms with Crippen molar-refractivity contribution in [2.45, 2.75) is 11.5 Å². The Kier molecular flexibility index (Phi) is 6.32. The molecular weight excluding hydrogens is 373 g/mol. The van der Waals surface area contributed by atoms with E-state index in [-0.39, 0.29) is 18.3 Å². The third kappa shape index (κ3) is 4.65. The van der Waals surface area contributed by atoms with Crippen molar-refractivity contribution < 1.29 is 18.7 Å². The van der Waals surface area contributed by atoms with E-state index in [1.54, 1.807) is 26.2 Å². The monoisotopic (exact) mass is 393 g/mol. The van der Waals surface area contributed by atoms with Crippen LogP contribution in [0.25, 0.3) is 0 Å². The summed E-state index contributed by atoms with van der Waals surface area (Å²) in [5.74, 6) is 2.69. The SMILES string of the molecule is COc1cc(C2SCCS2)ccc1OCC(=O)Nc1ccc(C)c(F)c1. The molecule has 2 aromatic carbocycles. The van der Waals surface area contributed by atoms with E-state index < -0.39 is 0 Å². The summed E-state index contributed by atoms with van der Waals surface area (Å²) in [6.07, 6.45) is 0. The van der Waals surface area contributed by atoms with Crippen molar-refractivity contribution >= 4 is 35.1 Å². The van der Waals surface area contributed by atoms with Gasteiger partial charge in [-0.05, 0) is 42.3 Å². The number of amides is 1. The molecule has 1 fully saturated rings. The number of halogens is 1. The van der Waals surface area contributed by atoms with Gasteiger partial charge >= 0.3 is 0 Å². The molecule has 0 bridgehead atoms. The van der Waals surface area contributed by atoms with Gasteiger partial charge in [0.15, 0.2) is 18.1 Å². The number of carbonyl (C=O) groups excluding carboxylic acids is 1. The van der Waals surface area contributed by atoms with Crippen LogP contribution in [-0.2, 0) is 4.79 Å². The molecule has 0 aromatic heterocycles. The van der Waals surface area contributed by atoms with Crippen LogP contribution >= 0.6 is 23.5 Å². The number of benzene rings is 2. The smallest absolute Gasteiger partial charge is 0.262 e. The third-order valence-electron chi connectivity index (χ3n) is 3.90. The van der Waals surface area contributed by atoms with Gasteiger partial charge in [-0.3, -0.25) is 4.79 Å². The molecule has 0 aliphatic carbocycles. The van der Waals surface area contributed by atoms with Crippen molar-refractivity contribution in [3.05, 3.63) is 53.3 Å². The van der Waals surface area contributed by atoms with Gasteiger partial charge in [-0.1, -0.05) is 12.1 Å². The zero-order valence-electron chi connectivity index (χ0n) is 14.6. The van der Waals surface area contributed by atoms with E-state index in [0.29, 0.717) is 27.3 Å². The normalized spacial score (nSPS) is 14.3. The van der Waals surface area contributed by atoms with E-state index in [1.165, 1.54) is 11.6 Å². The van der Waals surface area contributed by atoms with E-state index >= 15 is 0 Å². The van der Waals surface area contributed by atoms with Gasteiger partial charge in [-0.15, -0.1) is 23.5 Å². The summed E-state index contributed by atoms with van der Waals surface area (Å²) >= 11 is 3.83. The minimum Gasteiger partial charge on any atom is -0.493 e. The number of rotatable bonds is 6. The van der Waals surface area contributed by atoms with Gasteiger partial charge in [0.2, 0.25) is 0 Å². The molecule has 0 radical (unpaired) electrons. The minimum atomic E-state index is -0.360. The third-order valence-corrected chi connectivity index (χ3v) is 7.00. The summed E-state index contributed by atoms with van der Waals surface area (Å²) in [7, 11) is 1.58. The maximum Gasteiger partial charge on any atom is 0.262 e. The first-order valence-electron chi connectivity index (χ1n) is 8.17. The quantitative estimate of drug-likeness (QED) is 0.775. The van der Waals surface area contributed by atoms with Gasteiger partial charge in [0.05, 0.1) is 11.7 Å². The standard InChI is InChI=1S/C19H20FNO3S2/c1-12-3-5-14(10-15(12)20)21-18(22)11-24-16-6-4-13(9-17(16)23-2)19-25-7-8-26-19/h3-6,9-10,19H,7-8,11H2,1-2H3,(H,21,22). The molecule has 2 aromatic rings. The fourth-order valence-electron chi connectivity index (χ4n) is 2.51. The van der Waals surface area contributed by atoms with Crippen molar-refractivity contribution in [2.75, 3.05) is 30.5 Å². The Morgan fingerprint density at radius 1 is 1.19 bits per heavy atom. The average Bonchev–Trinajstić information content (AvgIpc) is 3.17. The second kappa shape index (κ2) is 8.68. The molecule has 26 heavy (non-hydrogen) atoms. The highest BCUT2D eigenvalue weighted by Gasteiger charge is 2.20. The molecule has 0 saturated carbocycles. The lowest BCUT2D eigenvalue weighted by Gasteiger charge is -2.14. The number of hydrogen-bond donors (Lipinski definition) is 1. The highest BCUT2D eigenvalue weighted by atomic mass is 32.2. The molecule has 1 heterocycles. The number of aryl methyl sites for hydroxylation is 1. The second-order valence-corrected chi connectivity index (χ2v) is 8.51. The van der Waals surface area contributed by atoms with Gasteiger partial charge in [0.1, 0.15) is 5.82 Å². The Bertz CT molecular complexity index is 794. The molecule has 3 rings (SSSR count). The van der Waals surface area contributed by atoms with Crippen molar-refractivity contribution in [3.63, 3.8) is 0 Å². The van der Waals surface area contributed by atoms with E-state index in [9.17, 15) is 9.18 Å². The van der Waals surface area contributed by atoms with Gasteiger partial charge < -0.3 is 14.8 Å². The molecule has 0 atom stereocenters. The molecule has 4 nitrogen and oxygen atoms in total. The first-order chi connectivity index (χ1) is 12.6. The molecule has 0 spiro atoms. The molecule has 0 unspecified atom stereocenters. The molecule has 1 saturated heterocycles. The van der Waals surface area contributed by atoms with Gasteiger partial charge in [0.25, 0.3) is 5.91 Å². The van der Waals surface area contributed by atoms with Gasteiger partial charge in [-0.25, -0.2) is 4.39 Å². The van der Waals surface area contributed by atoms with Crippen molar-refractivity contribution in [2.24, 2.45) is 0 Å². The number of hydrogen-bond acceptors (Lipinski definition) is 5. The number of anilines is 1. The van der Waals surface area contributed by atoms with E-state index in [1.807, 2.05) is 41.7 Å². The van der Waals surface area contributed by atoms with Crippen LogP contribution in [0.2, 0.25) is 0 Å². The van der Waals surface area contributed by atoms with Crippen LogP contribution in [0.4, 0.5) is 10.1 Å². The van der Waals surface area contributed by atoms with Crippen LogP contribution in [-0.4, -0.2) is 31.1 Å². The molecular formula is C19H20FNO3S2. The number of methoxy groups -OCH3 is 1. The topological polar surface area (TPSA) is 47.6 Å². The lowest BCUT2D eigenvalue weighted by Crippen LogP contribution is -2.20. The van der Waals surface area contributed by atoms with E-state index in [2.05, 4.69) is 5.32 Å². The number of nitrogens with one attached hydrogen (secondary N) is 1. The zero-order chi connectivity index (χ0) is 18.5. The Morgan fingerprint density at radius 2 is 1.96 bits per heavy atom. The molecule has 7 heteroatoms. The average molecular weight is 394 g/mol. The molecule has 1 N–H and O–H groups in total. The Morgan fingerprint density at radius 3 is 2.65 bits per heavy atom. The largest absolute Gasteiger partial charge is 0.493 e. The molecule has 1 aliphatic rings.